The van der Waals surface area contributed by atoms with Crippen molar-refractivity contribution in [3.05, 3.63) is 0 Å². The molecule has 0 aromatic carbocycles. The Labute approximate surface area is 200 Å². The van der Waals surface area contributed by atoms with Gasteiger partial charge in [-0.1, -0.05) is 131 Å². The molecule has 0 amide bonds. The fourth-order valence-electron chi connectivity index (χ4n) is 13.4. The minimum atomic E-state index is -1.34. The van der Waals surface area contributed by atoms with Crippen LogP contribution in [0.15, 0.2) is 0 Å². The number of rotatable bonds is 5. The van der Waals surface area contributed by atoms with Crippen LogP contribution in [0.3, 0.4) is 0 Å². The van der Waals surface area contributed by atoms with Crippen LogP contribution in [-0.2, 0) is 0 Å². The summed E-state index contributed by atoms with van der Waals surface area (Å²) in [6, 6.07) is 0. The molecule has 1 aliphatic rings. The molecule has 0 spiro atoms. The highest BCUT2D eigenvalue weighted by Crippen LogP contribution is 2.63. The van der Waals surface area contributed by atoms with E-state index in [1.807, 2.05) is 0 Å². The quantitative estimate of drug-likeness (QED) is 0.290. The second kappa shape index (κ2) is 7.34. The van der Waals surface area contributed by atoms with Gasteiger partial charge in [-0.2, -0.15) is 0 Å². The van der Waals surface area contributed by atoms with E-state index in [0.717, 1.165) is 0 Å². The molecule has 10 heteroatoms. The summed E-state index contributed by atoms with van der Waals surface area (Å²) in [5.41, 5.74) is 0. The SMILES string of the molecule is C[Si](C)(C)[Si]1([Si](C)(C)C)[Si](C)(C)[Si]([Si](C)(C)C)([Si](C)(C)C)[Si@](C)([Si](C)(C)C)[Si]1(C)C. The normalized spacial score (nSPS) is 29.2. The highest BCUT2D eigenvalue weighted by Gasteiger charge is 2.92. The smallest absolute Gasteiger partial charge is 0.0324 e. The summed E-state index contributed by atoms with van der Waals surface area (Å²) in [5.74, 6) is 0. The van der Waals surface area contributed by atoms with Crippen LogP contribution in [0.5, 0.6) is 0 Å². The van der Waals surface area contributed by atoms with Gasteiger partial charge in [0.1, 0.15) is 0 Å². The molecule has 0 N–H and O–H groups in total. The molecular weight excluding hydrogens is 521 g/mol. The molecule has 0 aliphatic carbocycles. The fraction of sp³-hybridized carbons (Fsp3) is 1.00. The third-order valence-electron chi connectivity index (χ3n) is 10.8. The second-order valence-corrected chi connectivity index (χ2v) is 141. The van der Waals surface area contributed by atoms with Crippen LogP contribution in [0.2, 0.25) is 131 Å². The number of hydrogen-bond acceptors (Lipinski definition) is 0. The maximum atomic E-state index is 3.19. The van der Waals surface area contributed by atoms with E-state index in [9.17, 15) is 0 Å². The summed E-state index contributed by atoms with van der Waals surface area (Å²) in [6.45, 7) is 58.4. The van der Waals surface area contributed by atoms with Gasteiger partial charge in [0.05, 0.1) is 0 Å². The Bertz CT molecular complexity index is 649. The standard InChI is InChI=1S/C20H60Si10/c1-21(2,3)28(20)26(16,17)29(22(4,5)6,23(7,8)9)27(18,19)30(28,24(10,11)12)25(13,14)15/h1-20H3/t28-/m1/s1. The second-order valence-electron chi connectivity index (χ2n) is 17.1. The van der Waals surface area contributed by atoms with Crippen LogP contribution < -0.4 is 0 Å². The Hall–Kier alpha value is 2.17. The molecule has 0 saturated carbocycles. The first kappa shape index (κ1) is 30.2. The van der Waals surface area contributed by atoms with Crippen molar-refractivity contribution >= 4 is 71.1 Å². The molecule has 0 aromatic heterocycles. The van der Waals surface area contributed by atoms with Gasteiger partial charge in [-0.05, 0) is 0 Å². The molecule has 0 nitrogen and oxygen atoms in total. The summed E-state index contributed by atoms with van der Waals surface area (Å²) in [5, 5.41) is 0. The van der Waals surface area contributed by atoms with Crippen molar-refractivity contribution in [1.29, 1.82) is 0 Å². The molecule has 180 valence electrons. The largest absolute Gasteiger partial charge is 0.0754 e. The van der Waals surface area contributed by atoms with Crippen LogP contribution in [0.4, 0.5) is 0 Å². The van der Waals surface area contributed by atoms with E-state index >= 15 is 0 Å². The average molecular weight is 582 g/mol. The first-order chi connectivity index (χ1) is 12.5. The first-order valence-electron chi connectivity index (χ1n) is 12.5. The van der Waals surface area contributed by atoms with Crippen LogP contribution in [0.25, 0.3) is 0 Å². The molecule has 1 rings (SSSR count). The van der Waals surface area contributed by atoms with Gasteiger partial charge in [0.25, 0.3) is 0 Å². The molecule has 0 radical (unpaired) electrons. The van der Waals surface area contributed by atoms with E-state index in [1.165, 1.54) is 0 Å². The lowest BCUT2D eigenvalue weighted by atomic mass is 11.8. The lowest BCUT2D eigenvalue weighted by Gasteiger charge is -2.67. The number of hydrogen-bond donors (Lipinski definition) is 0. The van der Waals surface area contributed by atoms with Gasteiger partial charge in [0.2, 0.25) is 0 Å². The Morgan fingerprint density at radius 1 is 0.300 bits per heavy atom. The summed E-state index contributed by atoms with van der Waals surface area (Å²) >= 11 is 0. The van der Waals surface area contributed by atoms with E-state index in [4.69, 9.17) is 0 Å². The topological polar surface area (TPSA) is 0 Å². The van der Waals surface area contributed by atoms with Crippen LogP contribution in [-0.4, -0.2) is 71.1 Å². The van der Waals surface area contributed by atoms with Crippen molar-refractivity contribution in [3.8, 4) is 0 Å². The van der Waals surface area contributed by atoms with Crippen molar-refractivity contribution in [2.24, 2.45) is 0 Å². The lowest BCUT2D eigenvalue weighted by molar-refractivity contribution is 1.76. The van der Waals surface area contributed by atoms with Gasteiger partial charge < -0.3 is 0 Å². The summed E-state index contributed by atoms with van der Waals surface area (Å²) < 4.78 is 0. The summed E-state index contributed by atoms with van der Waals surface area (Å²) in [7, 11) is -8.86. The minimum Gasteiger partial charge on any atom is -0.0754 e. The molecule has 1 fully saturated rings. The predicted octanol–water partition coefficient (Wildman–Crippen LogP) is 7.87. The van der Waals surface area contributed by atoms with Gasteiger partial charge in [0.15, 0.2) is 0 Å². The maximum absolute atomic E-state index is 3.19. The Morgan fingerprint density at radius 3 is 0.667 bits per heavy atom. The van der Waals surface area contributed by atoms with E-state index in [1.54, 1.807) is 0 Å². The minimum absolute atomic E-state index is 1.23. The molecular formula is C20H60Si10. The zero-order valence-corrected chi connectivity index (χ0v) is 35.0. The van der Waals surface area contributed by atoms with Gasteiger partial charge in [-0.15, -0.1) is 0 Å². The molecule has 0 unspecified atom stereocenters. The zero-order valence-electron chi connectivity index (χ0n) is 25.0. The average Bonchev–Trinajstić information content (AvgIpc) is 2.39. The third kappa shape index (κ3) is 3.02. The Kier molecular flexibility index (Phi) is 7.39. The van der Waals surface area contributed by atoms with Gasteiger partial charge >= 0.3 is 0 Å². The van der Waals surface area contributed by atoms with E-state index in [0.29, 0.717) is 0 Å². The molecule has 0 bridgehead atoms. The Morgan fingerprint density at radius 2 is 0.533 bits per heavy atom. The third-order valence-corrected chi connectivity index (χ3v) is 327. The van der Waals surface area contributed by atoms with Crippen molar-refractivity contribution < 1.29 is 0 Å². The van der Waals surface area contributed by atoms with Gasteiger partial charge in [0, 0.05) is 71.1 Å². The van der Waals surface area contributed by atoms with Crippen LogP contribution >= 0.6 is 0 Å². The zero-order chi connectivity index (χ0) is 25.0. The maximum Gasteiger partial charge on any atom is 0.0324 e. The van der Waals surface area contributed by atoms with E-state index in [-0.39, 0.29) is 0 Å². The van der Waals surface area contributed by atoms with Gasteiger partial charge in [-0.25, -0.2) is 0 Å². The lowest BCUT2D eigenvalue weighted by Crippen LogP contribution is -2.98. The molecule has 30 heavy (non-hydrogen) atoms. The van der Waals surface area contributed by atoms with E-state index < -0.39 is 71.1 Å². The Balaban J connectivity index is 4.75. The van der Waals surface area contributed by atoms with Crippen molar-refractivity contribution in [3.63, 3.8) is 0 Å². The van der Waals surface area contributed by atoms with Gasteiger partial charge in [-0.3, -0.25) is 0 Å². The summed E-state index contributed by atoms with van der Waals surface area (Å²) in [4.78, 5) is 0. The molecule has 1 heterocycles. The molecule has 1 aliphatic heterocycles. The molecule has 1 saturated heterocycles. The van der Waals surface area contributed by atoms with Crippen molar-refractivity contribution in [2.75, 3.05) is 0 Å². The van der Waals surface area contributed by atoms with E-state index in [2.05, 4.69) is 131 Å². The summed E-state index contributed by atoms with van der Waals surface area (Å²) in [6.07, 6.45) is -2.64. The van der Waals surface area contributed by atoms with Crippen LogP contribution in [0, 0.1) is 0 Å². The molecule has 1 atom stereocenters. The highest BCUT2D eigenvalue weighted by molar-refractivity contribution is 8.43. The van der Waals surface area contributed by atoms with Crippen LogP contribution in [0.1, 0.15) is 0 Å². The first-order valence-corrected chi connectivity index (χ1v) is 52.5. The van der Waals surface area contributed by atoms with Crippen molar-refractivity contribution in [1.82, 2.24) is 0 Å². The highest BCUT2D eigenvalue weighted by atomic mass is 30.6. The predicted molar refractivity (Wildman–Crippen MR) is 175 cm³/mol. The molecule has 0 aromatic rings. The van der Waals surface area contributed by atoms with Crippen molar-refractivity contribution in [2.45, 2.75) is 131 Å². The monoisotopic (exact) mass is 580 g/mol. The fourth-order valence-corrected chi connectivity index (χ4v) is 706.